The zero-order valence-corrected chi connectivity index (χ0v) is 15.7. The van der Waals surface area contributed by atoms with Crippen LogP contribution in [0.4, 0.5) is 13.2 Å². The number of halogens is 3. The van der Waals surface area contributed by atoms with E-state index in [2.05, 4.69) is 34.1 Å². The number of nitrogens with zero attached hydrogens (tertiary/aromatic N) is 2. The molecule has 1 aliphatic carbocycles. The molecule has 2 aliphatic heterocycles. The van der Waals surface area contributed by atoms with Crippen molar-refractivity contribution in [3.8, 4) is 17.0 Å². The van der Waals surface area contributed by atoms with E-state index < -0.39 is 12.1 Å². The molecule has 1 spiro atoms. The van der Waals surface area contributed by atoms with E-state index in [1.54, 1.807) is 0 Å². The third-order valence-electron chi connectivity index (χ3n) is 5.52. The summed E-state index contributed by atoms with van der Waals surface area (Å²) in [7, 11) is 0. The predicted molar refractivity (Wildman–Crippen MR) is 98.5 cm³/mol. The molecule has 6 nitrogen and oxygen atoms in total. The summed E-state index contributed by atoms with van der Waals surface area (Å²) in [5, 5.41) is 10.6. The zero-order valence-electron chi connectivity index (χ0n) is 15.7. The van der Waals surface area contributed by atoms with E-state index in [0.717, 1.165) is 55.4 Å². The first kappa shape index (κ1) is 19.8. The molecule has 1 saturated carbocycles. The lowest BCUT2D eigenvalue weighted by atomic mass is 9.83. The van der Waals surface area contributed by atoms with Crippen molar-refractivity contribution >= 4 is 5.97 Å². The van der Waals surface area contributed by atoms with Crippen molar-refractivity contribution in [3.63, 3.8) is 0 Å². The number of imidazole rings is 1. The van der Waals surface area contributed by atoms with Crippen LogP contribution in [0.3, 0.4) is 0 Å². The van der Waals surface area contributed by atoms with Crippen LogP contribution in [0.1, 0.15) is 31.4 Å². The molecule has 156 valence electrons. The van der Waals surface area contributed by atoms with Crippen LogP contribution in [0.25, 0.3) is 11.3 Å². The maximum Gasteiger partial charge on any atom is 0.490 e. The lowest BCUT2D eigenvalue weighted by molar-refractivity contribution is -0.192. The Hall–Kier alpha value is -2.55. The molecule has 29 heavy (non-hydrogen) atoms. The number of piperidine rings is 1. The molecular weight excluding hydrogens is 387 g/mol. The van der Waals surface area contributed by atoms with E-state index in [9.17, 15) is 13.2 Å². The van der Waals surface area contributed by atoms with E-state index >= 15 is 0 Å². The fourth-order valence-corrected chi connectivity index (χ4v) is 3.95. The van der Waals surface area contributed by atoms with Crippen molar-refractivity contribution in [1.29, 1.82) is 0 Å². The molecule has 3 aliphatic rings. The average molecular weight is 409 g/mol. The largest absolute Gasteiger partial charge is 0.490 e. The van der Waals surface area contributed by atoms with E-state index in [-0.39, 0.29) is 5.60 Å². The summed E-state index contributed by atoms with van der Waals surface area (Å²) in [6.07, 6.45) is 1.71. The maximum atomic E-state index is 10.6. The van der Waals surface area contributed by atoms with Gasteiger partial charge in [0.05, 0.1) is 17.7 Å². The van der Waals surface area contributed by atoms with Crippen LogP contribution in [-0.4, -0.2) is 39.9 Å². The van der Waals surface area contributed by atoms with E-state index in [0.29, 0.717) is 0 Å². The van der Waals surface area contributed by atoms with Gasteiger partial charge in [-0.15, -0.1) is 0 Å². The van der Waals surface area contributed by atoms with Gasteiger partial charge < -0.3 is 19.7 Å². The van der Waals surface area contributed by atoms with Crippen molar-refractivity contribution in [3.05, 3.63) is 36.3 Å². The maximum absolute atomic E-state index is 10.6. The summed E-state index contributed by atoms with van der Waals surface area (Å²) in [4.78, 5) is 13.7. The molecule has 2 fully saturated rings. The highest BCUT2D eigenvalue weighted by Crippen LogP contribution is 2.48. The van der Waals surface area contributed by atoms with Crippen LogP contribution in [0.15, 0.2) is 30.6 Å². The number of ether oxygens (including phenoxy) is 1. The Morgan fingerprint density at radius 1 is 1.28 bits per heavy atom. The predicted octanol–water partition coefficient (Wildman–Crippen LogP) is 3.56. The van der Waals surface area contributed by atoms with Gasteiger partial charge in [0.15, 0.2) is 5.60 Å². The number of carbonyl (C=O) groups is 1. The molecule has 2 N–H and O–H groups in total. The van der Waals surface area contributed by atoms with Crippen LogP contribution in [0.2, 0.25) is 0 Å². The molecule has 0 bridgehead atoms. The highest BCUT2D eigenvalue weighted by atomic mass is 19.4. The van der Waals surface area contributed by atoms with Gasteiger partial charge in [0.1, 0.15) is 5.75 Å². The molecular formula is C20H22F3N3O3. The Bertz CT molecular complexity index is 900. The summed E-state index contributed by atoms with van der Waals surface area (Å²) in [6.45, 7) is 3.12. The number of aliphatic carboxylic acids is 1. The highest BCUT2D eigenvalue weighted by Gasteiger charge is 2.45. The molecule has 1 aromatic heterocycles. The first-order chi connectivity index (χ1) is 13.8. The molecule has 9 heteroatoms. The minimum absolute atomic E-state index is 0.194. The molecule has 5 rings (SSSR count). The van der Waals surface area contributed by atoms with Gasteiger partial charge in [-0.05, 0) is 44.0 Å². The molecule has 1 saturated heterocycles. The van der Waals surface area contributed by atoms with Crippen molar-refractivity contribution < 1.29 is 27.8 Å². The normalized spacial score (nSPS) is 19.4. The minimum atomic E-state index is -5.08. The third-order valence-corrected chi connectivity index (χ3v) is 5.52. The second kappa shape index (κ2) is 7.37. The topological polar surface area (TPSA) is 76.4 Å². The third kappa shape index (κ3) is 3.96. The summed E-state index contributed by atoms with van der Waals surface area (Å²) in [5.74, 6) is -0.921. The number of hydrogen-bond acceptors (Lipinski definition) is 4. The molecule has 0 amide bonds. The van der Waals surface area contributed by atoms with Gasteiger partial charge in [0.25, 0.3) is 0 Å². The second-order valence-electron chi connectivity index (χ2n) is 7.68. The number of carboxylic acids is 1. The number of alkyl halides is 3. The van der Waals surface area contributed by atoms with Gasteiger partial charge in [-0.1, -0.05) is 12.1 Å². The van der Waals surface area contributed by atoms with Gasteiger partial charge in [-0.3, -0.25) is 0 Å². The number of nitrogens with one attached hydrogen (secondary N) is 1. The smallest absolute Gasteiger partial charge is 0.480 e. The molecule has 0 atom stereocenters. The first-order valence-corrected chi connectivity index (χ1v) is 9.65. The summed E-state index contributed by atoms with van der Waals surface area (Å²) in [5.41, 5.74) is 3.42. The Labute approximate surface area is 165 Å². The van der Waals surface area contributed by atoms with Crippen LogP contribution in [0, 0.1) is 5.92 Å². The number of benzene rings is 1. The van der Waals surface area contributed by atoms with Crippen LogP contribution >= 0.6 is 0 Å². The Morgan fingerprint density at radius 2 is 1.93 bits per heavy atom. The van der Waals surface area contributed by atoms with Crippen LogP contribution in [-0.2, 0) is 16.9 Å². The Kier molecular flexibility index (Phi) is 5.02. The average Bonchev–Trinajstić information content (AvgIpc) is 3.39. The van der Waals surface area contributed by atoms with Gasteiger partial charge >= 0.3 is 12.1 Å². The van der Waals surface area contributed by atoms with Crippen molar-refractivity contribution in [1.82, 2.24) is 14.9 Å². The molecule has 1 aromatic carbocycles. The monoisotopic (exact) mass is 409 g/mol. The standard InChI is InChI=1S/C18H21N3O.C2HF3O2/c1-2-4-15-14(3-1)16-17(18(22-15)7-9-19-10-8-18)21(12-20-16)11-13-5-6-13;3-2(4,5)1(6)7/h1-4,12-13,19H,5-11H2;(H,6,7). The number of rotatable bonds is 2. The molecule has 0 radical (unpaired) electrons. The quantitative estimate of drug-likeness (QED) is 0.793. The van der Waals surface area contributed by atoms with Gasteiger partial charge in [-0.25, -0.2) is 9.78 Å². The van der Waals surface area contributed by atoms with Crippen LogP contribution < -0.4 is 10.1 Å². The minimum Gasteiger partial charge on any atom is -0.480 e. The van der Waals surface area contributed by atoms with Crippen LogP contribution in [0.5, 0.6) is 5.75 Å². The molecule has 3 heterocycles. The lowest BCUT2D eigenvalue weighted by Crippen LogP contribution is -2.46. The summed E-state index contributed by atoms with van der Waals surface area (Å²) < 4.78 is 40.7. The summed E-state index contributed by atoms with van der Waals surface area (Å²) in [6, 6.07) is 8.35. The fourth-order valence-electron chi connectivity index (χ4n) is 3.95. The number of carboxylic acid groups (broad SMARTS) is 1. The Morgan fingerprint density at radius 3 is 2.55 bits per heavy atom. The zero-order chi connectivity index (χ0) is 20.6. The van der Waals surface area contributed by atoms with Gasteiger partial charge in [0, 0.05) is 24.9 Å². The second-order valence-corrected chi connectivity index (χ2v) is 7.68. The van der Waals surface area contributed by atoms with Crippen molar-refractivity contribution in [2.75, 3.05) is 13.1 Å². The van der Waals surface area contributed by atoms with Gasteiger partial charge in [-0.2, -0.15) is 13.2 Å². The first-order valence-electron chi connectivity index (χ1n) is 9.65. The fraction of sp³-hybridized carbons (Fsp3) is 0.500. The van der Waals surface area contributed by atoms with E-state index in [1.165, 1.54) is 18.5 Å². The van der Waals surface area contributed by atoms with Crippen molar-refractivity contribution in [2.45, 2.75) is 44.0 Å². The summed E-state index contributed by atoms with van der Waals surface area (Å²) >= 11 is 0. The SMILES string of the molecule is O=C(O)C(F)(F)F.c1ccc2c(c1)OC1(CCNCC1)c1c-2ncn1CC1CC1. The van der Waals surface area contributed by atoms with Crippen molar-refractivity contribution in [2.24, 2.45) is 5.92 Å². The molecule has 2 aromatic rings. The van der Waals surface area contributed by atoms with E-state index in [1.807, 2.05) is 6.33 Å². The lowest BCUT2D eigenvalue weighted by Gasteiger charge is -2.42. The number of hydrogen-bond donors (Lipinski definition) is 2. The highest BCUT2D eigenvalue weighted by molar-refractivity contribution is 5.73. The number of fused-ring (bicyclic) bond motifs is 4. The number of aromatic nitrogens is 2. The van der Waals surface area contributed by atoms with E-state index in [4.69, 9.17) is 19.6 Å². The Balaban J connectivity index is 0.000000255. The van der Waals surface area contributed by atoms with Gasteiger partial charge in [0.2, 0.25) is 0 Å². The number of para-hydroxylation sites is 1. The molecule has 0 unspecified atom stereocenters.